The van der Waals surface area contributed by atoms with Crippen LogP contribution in [0.2, 0.25) is 0 Å². The Kier molecular flexibility index (Phi) is 3.62. The molecule has 0 spiro atoms. The van der Waals surface area contributed by atoms with Crippen molar-refractivity contribution in [1.82, 2.24) is 5.32 Å². The van der Waals surface area contributed by atoms with Crippen molar-refractivity contribution in [3.8, 4) is 0 Å². The lowest BCUT2D eigenvalue weighted by molar-refractivity contribution is 0.103. The monoisotopic (exact) mass is 183 g/mol. The molecule has 0 radical (unpaired) electrons. The van der Waals surface area contributed by atoms with Crippen molar-refractivity contribution in [1.29, 1.82) is 0 Å². The minimum atomic E-state index is 0.829. The molecule has 2 aliphatic rings. The summed E-state index contributed by atoms with van der Waals surface area (Å²) in [5.74, 6) is 0.876. The number of rotatable bonds is 6. The van der Waals surface area contributed by atoms with E-state index in [1.807, 2.05) is 0 Å². The summed E-state index contributed by atoms with van der Waals surface area (Å²) in [4.78, 5) is 0. The van der Waals surface area contributed by atoms with Crippen LogP contribution >= 0.6 is 0 Å². The second-order valence-corrected chi connectivity index (χ2v) is 4.45. The van der Waals surface area contributed by atoms with Crippen LogP contribution in [0.15, 0.2) is 0 Å². The molecule has 0 bridgehead atoms. The first-order valence-corrected chi connectivity index (χ1v) is 5.76. The second kappa shape index (κ2) is 4.97. The molecule has 2 saturated carbocycles. The molecule has 2 aliphatic carbocycles. The van der Waals surface area contributed by atoms with Crippen molar-refractivity contribution in [2.24, 2.45) is 5.92 Å². The van der Waals surface area contributed by atoms with Crippen molar-refractivity contribution in [3.63, 3.8) is 0 Å². The third-order valence-electron chi connectivity index (χ3n) is 3.09. The minimum absolute atomic E-state index is 0.829. The third kappa shape index (κ3) is 3.65. The Balaban J connectivity index is 1.39. The lowest BCUT2D eigenvalue weighted by Gasteiger charge is -2.09. The average Bonchev–Trinajstić information content (AvgIpc) is 2.81. The largest absolute Gasteiger partial charge is 0.380 e. The van der Waals surface area contributed by atoms with Crippen LogP contribution in [-0.2, 0) is 4.74 Å². The van der Waals surface area contributed by atoms with Crippen LogP contribution in [0.4, 0.5) is 0 Å². The van der Waals surface area contributed by atoms with Crippen molar-refractivity contribution in [3.05, 3.63) is 0 Å². The van der Waals surface area contributed by atoms with E-state index in [4.69, 9.17) is 4.74 Å². The van der Waals surface area contributed by atoms with Crippen LogP contribution in [0.1, 0.15) is 38.5 Å². The standard InChI is InChI=1S/C11H21NO/c1-2-4-10(3-1)9-13-8-7-12-11-5-6-11/h10-12H,1-9H2. The van der Waals surface area contributed by atoms with Gasteiger partial charge in [0.2, 0.25) is 0 Å². The van der Waals surface area contributed by atoms with E-state index < -0.39 is 0 Å². The van der Waals surface area contributed by atoms with E-state index >= 15 is 0 Å². The molecule has 2 rings (SSSR count). The predicted molar refractivity (Wildman–Crippen MR) is 53.8 cm³/mol. The first-order valence-electron chi connectivity index (χ1n) is 5.76. The Morgan fingerprint density at radius 3 is 2.54 bits per heavy atom. The van der Waals surface area contributed by atoms with Gasteiger partial charge in [0.25, 0.3) is 0 Å². The molecular weight excluding hydrogens is 162 g/mol. The van der Waals surface area contributed by atoms with Gasteiger partial charge in [-0.3, -0.25) is 0 Å². The highest BCUT2D eigenvalue weighted by atomic mass is 16.5. The average molecular weight is 183 g/mol. The Morgan fingerprint density at radius 2 is 1.85 bits per heavy atom. The molecule has 2 heteroatoms. The van der Waals surface area contributed by atoms with Gasteiger partial charge in [-0.1, -0.05) is 12.8 Å². The van der Waals surface area contributed by atoms with Gasteiger partial charge in [-0.15, -0.1) is 0 Å². The van der Waals surface area contributed by atoms with Gasteiger partial charge >= 0.3 is 0 Å². The highest BCUT2D eigenvalue weighted by molar-refractivity contribution is 4.80. The fourth-order valence-corrected chi connectivity index (χ4v) is 2.05. The van der Waals surface area contributed by atoms with E-state index in [9.17, 15) is 0 Å². The van der Waals surface area contributed by atoms with Gasteiger partial charge in [0, 0.05) is 19.2 Å². The normalized spacial score (nSPS) is 24.0. The quantitative estimate of drug-likeness (QED) is 0.635. The lowest BCUT2D eigenvalue weighted by Crippen LogP contribution is -2.22. The van der Waals surface area contributed by atoms with Crippen LogP contribution in [0, 0.1) is 5.92 Å². The van der Waals surface area contributed by atoms with Gasteiger partial charge < -0.3 is 10.1 Å². The van der Waals surface area contributed by atoms with Gasteiger partial charge in [0.15, 0.2) is 0 Å². The Labute approximate surface area is 81.0 Å². The fourth-order valence-electron chi connectivity index (χ4n) is 2.05. The van der Waals surface area contributed by atoms with E-state index in [1.165, 1.54) is 38.5 Å². The van der Waals surface area contributed by atoms with Gasteiger partial charge in [-0.05, 0) is 31.6 Å². The molecule has 0 aliphatic heterocycles. The van der Waals surface area contributed by atoms with Gasteiger partial charge in [0.1, 0.15) is 0 Å². The molecule has 0 saturated heterocycles. The molecule has 2 fully saturated rings. The second-order valence-electron chi connectivity index (χ2n) is 4.45. The van der Waals surface area contributed by atoms with E-state index in [1.54, 1.807) is 0 Å². The zero-order chi connectivity index (χ0) is 8.93. The molecule has 1 N–H and O–H groups in total. The molecule has 0 aromatic rings. The van der Waals surface area contributed by atoms with Crippen LogP contribution in [0.25, 0.3) is 0 Å². The number of hydrogen-bond donors (Lipinski definition) is 1. The summed E-state index contributed by atoms with van der Waals surface area (Å²) >= 11 is 0. The van der Waals surface area contributed by atoms with Crippen molar-refractivity contribution < 1.29 is 4.74 Å². The molecule has 0 aromatic carbocycles. The SMILES string of the molecule is C1CCC(COCCNC2CC2)C1. The van der Waals surface area contributed by atoms with Crippen molar-refractivity contribution in [2.75, 3.05) is 19.8 Å². The maximum atomic E-state index is 5.63. The molecule has 2 nitrogen and oxygen atoms in total. The summed E-state index contributed by atoms with van der Waals surface area (Å²) in [6.45, 7) is 2.97. The zero-order valence-corrected chi connectivity index (χ0v) is 8.43. The molecule has 76 valence electrons. The molecule has 0 unspecified atom stereocenters. The first kappa shape index (κ1) is 9.47. The zero-order valence-electron chi connectivity index (χ0n) is 8.43. The lowest BCUT2D eigenvalue weighted by atomic mass is 10.1. The fraction of sp³-hybridized carbons (Fsp3) is 1.00. The number of ether oxygens (including phenoxy) is 1. The van der Waals surface area contributed by atoms with E-state index in [2.05, 4.69) is 5.32 Å². The first-order chi connectivity index (χ1) is 6.45. The van der Waals surface area contributed by atoms with E-state index in [0.717, 1.165) is 31.7 Å². The molecule has 0 aromatic heterocycles. The van der Waals surface area contributed by atoms with Crippen molar-refractivity contribution >= 4 is 0 Å². The molecular formula is C11H21NO. The molecule has 0 heterocycles. The summed E-state index contributed by atoms with van der Waals surface area (Å²) in [5.41, 5.74) is 0. The smallest absolute Gasteiger partial charge is 0.0591 e. The van der Waals surface area contributed by atoms with E-state index in [-0.39, 0.29) is 0 Å². The van der Waals surface area contributed by atoms with Crippen LogP contribution < -0.4 is 5.32 Å². The van der Waals surface area contributed by atoms with E-state index in [0.29, 0.717) is 0 Å². The minimum Gasteiger partial charge on any atom is -0.380 e. The predicted octanol–water partition coefficient (Wildman–Crippen LogP) is 1.95. The molecule has 13 heavy (non-hydrogen) atoms. The number of nitrogens with one attached hydrogen (secondary N) is 1. The van der Waals surface area contributed by atoms with Gasteiger partial charge in [-0.25, -0.2) is 0 Å². The van der Waals surface area contributed by atoms with Gasteiger partial charge in [0.05, 0.1) is 6.61 Å². The van der Waals surface area contributed by atoms with Crippen molar-refractivity contribution in [2.45, 2.75) is 44.6 Å². The highest BCUT2D eigenvalue weighted by Gasteiger charge is 2.19. The molecule has 0 atom stereocenters. The maximum absolute atomic E-state index is 5.63. The van der Waals surface area contributed by atoms with Crippen LogP contribution in [0.3, 0.4) is 0 Å². The summed E-state index contributed by atoms with van der Waals surface area (Å²) in [7, 11) is 0. The van der Waals surface area contributed by atoms with Gasteiger partial charge in [-0.2, -0.15) is 0 Å². The Morgan fingerprint density at radius 1 is 1.08 bits per heavy atom. The number of hydrogen-bond acceptors (Lipinski definition) is 2. The molecule has 0 amide bonds. The van der Waals surface area contributed by atoms with Crippen LogP contribution in [0.5, 0.6) is 0 Å². The third-order valence-corrected chi connectivity index (χ3v) is 3.09. The highest BCUT2D eigenvalue weighted by Crippen LogP contribution is 2.24. The summed E-state index contributed by atoms with van der Waals surface area (Å²) in [6, 6.07) is 0.829. The summed E-state index contributed by atoms with van der Waals surface area (Å²) < 4.78 is 5.63. The maximum Gasteiger partial charge on any atom is 0.0591 e. The Bertz CT molecular complexity index is 139. The van der Waals surface area contributed by atoms with Crippen LogP contribution in [-0.4, -0.2) is 25.8 Å². The topological polar surface area (TPSA) is 21.3 Å². The summed E-state index contributed by atoms with van der Waals surface area (Å²) in [6.07, 6.45) is 8.40. The summed E-state index contributed by atoms with van der Waals surface area (Å²) in [5, 5.41) is 3.46. The Hall–Kier alpha value is -0.0800.